The molecule has 2 rings (SSSR count). The number of carboxylic acid groups (broad SMARTS) is 1. The van der Waals surface area contributed by atoms with Crippen LogP contribution in [0.1, 0.15) is 21.9 Å². The Kier molecular flexibility index (Phi) is 2.99. The zero-order valence-corrected chi connectivity index (χ0v) is 9.04. The van der Waals surface area contributed by atoms with E-state index in [1.54, 1.807) is 13.0 Å². The molecule has 0 saturated carbocycles. The lowest BCUT2D eigenvalue weighted by molar-refractivity contribution is 0.0697. The predicted octanol–water partition coefficient (Wildman–Crippen LogP) is 1.08. The minimum atomic E-state index is -1.03. The number of hydrogen-bond acceptors (Lipinski definition) is 6. The van der Waals surface area contributed by atoms with E-state index in [4.69, 9.17) is 5.11 Å². The molecule has 0 bridgehead atoms. The molecule has 0 unspecified atom stereocenters. The van der Waals surface area contributed by atoms with Crippen molar-refractivity contribution in [2.75, 3.05) is 5.32 Å². The average Bonchev–Trinajstić information content (AvgIpc) is 2.78. The molecule has 2 aromatic heterocycles. The summed E-state index contributed by atoms with van der Waals surface area (Å²) in [6.45, 7) is 2.07. The van der Waals surface area contributed by atoms with Crippen molar-refractivity contribution in [3.8, 4) is 0 Å². The maximum absolute atomic E-state index is 11.0. The first-order valence-corrected chi connectivity index (χ1v) is 4.86. The summed E-state index contributed by atoms with van der Waals surface area (Å²) < 4.78 is 4.57. The quantitative estimate of drug-likeness (QED) is 0.816. The molecule has 0 spiro atoms. The number of rotatable bonds is 4. The first-order valence-electron chi connectivity index (χ1n) is 4.86. The minimum absolute atomic E-state index is 0.110. The van der Waals surface area contributed by atoms with E-state index < -0.39 is 5.97 Å². The van der Waals surface area contributed by atoms with Crippen LogP contribution < -0.4 is 5.32 Å². The average molecular weight is 234 g/mol. The second-order valence-electron chi connectivity index (χ2n) is 3.38. The van der Waals surface area contributed by atoms with Gasteiger partial charge in [-0.25, -0.2) is 4.79 Å². The maximum atomic E-state index is 11.0. The molecule has 0 aromatic carbocycles. The number of hydrogen-bond donors (Lipinski definition) is 2. The number of carboxylic acids is 1. The van der Waals surface area contributed by atoms with Crippen molar-refractivity contribution in [2.45, 2.75) is 13.5 Å². The van der Waals surface area contributed by atoms with Crippen LogP contribution in [0.15, 0.2) is 23.2 Å². The highest BCUT2D eigenvalue weighted by Gasteiger charge is 2.11. The molecule has 2 N–H and O–H groups in total. The third-order valence-corrected chi connectivity index (χ3v) is 2.11. The van der Waals surface area contributed by atoms with Crippen LogP contribution in [0.25, 0.3) is 0 Å². The fourth-order valence-corrected chi connectivity index (χ4v) is 1.32. The Balaban J connectivity index is 2.19. The summed E-state index contributed by atoms with van der Waals surface area (Å²) in [4.78, 5) is 18.7. The Labute approximate surface area is 96.5 Å². The summed E-state index contributed by atoms with van der Waals surface area (Å²) >= 11 is 0. The molecule has 0 fully saturated rings. The Morgan fingerprint density at radius 3 is 3.00 bits per heavy atom. The van der Waals surface area contributed by atoms with E-state index in [0.29, 0.717) is 18.1 Å². The van der Waals surface area contributed by atoms with E-state index in [9.17, 15) is 4.79 Å². The number of carbonyl (C=O) groups is 1. The SMILES string of the molecule is Cc1cc(NCc2ncon2)c(C(=O)O)cn1. The molecule has 0 aliphatic rings. The molecule has 2 heterocycles. The minimum Gasteiger partial charge on any atom is -0.478 e. The number of aromatic nitrogens is 3. The van der Waals surface area contributed by atoms with Gasteiger partial charge < -0.3 is 14.9 Å². The van der Waals surface area contributed by atoms with E-state index in [1.165, 1.54) is 12.6 Å². The summed E-state index contributed by atoms with van der Waals surface area (Å²) in [6, 6.07) is 1.66. The van der Waals surface area contributed by atoms with Gasteiger partial charge in [-0.2, -0.15) is 4.98 Å². The number of nitrogens with zero attached hydrogens (tertiary/aromatic N) is 3. The molecule has 7 nitrogen and oxygen atoms in total. The molecule has 2 aromatic rings. The molecule has 0 aliphatic heterocycles. The van der Waals surface area contributed by atoms with E-state index in [1.807, 2.05) is 0 Å². The first kappa shape index (κ1) is 11.1. The van der Waals surface area contributed by atoms with Gasteiger partial charge in [-0.15, -0.1) is 0 Å². The summed E-state index contributed by atoms with van der Waals surface area (Å²) in [6.07, 6.45) is 2.53. The highest BCUT2D eigenvalue weighted by atomic mass is 16.5. The molecule has 0 amide bonds. The molecule has 0 aliphatic carbocycles. The largest absolute Gasteiger partial charge is 0.478 e. The van der Waals surface area contributed by atoms with Crippen molar-refractivity contribution in [3.05, 3.63) is 35.7 Å². The monoisotopic (exact) mass is 234 g/mol. The molecule has 17 heavy (non-hydrogen) atoms. The Morgan fingerprint density at radius 2 is 2.35 bits per heavy atom. The zero-order chi connectivity index (χ0) is 12.3. The zero-order valence-electron chi connectivity index (χ0n) is 9.04. The molecule has 88 valence electrons. The third kappa shape index (κ3) is 2.57. The van der Waals surface area contributed by atoms with Gasteiger partial charge in [0.05, 0.1) is 12.2 Å². The lowest BCUT2D eigenvalue weighted by Gasteiger charge is -2.07. The van der Waals surface area contributed by atoms with Crippen LogP contribution in [0.4, 0.5) is 5.69 Å². The molecule has 0 radical (unpaired) electrons. The van der Waals surface area contributed by atoms with Gasteiger partial charge in [0.2, 0.25) is 6.39 Å². The Morgan fingerprint density at radius 1 is 1.53 bits per heavy atom. The third-order valence-electron chi connectivity index (χ3n) is 2.11. The van der Waals surface area contributed by atoms with Gasteiger partial charge in [0.25, 0.3) is 0 Å². The normalized spacial score (nSPS) is 10.2. The van der Waals surface area contributed by atoms with Crippen LogP contribution in [0.2, 0.25) is 0 Å². The fraction of sp³-hybridized carbons (Fsp3) is 0.200. The Hall–Kier alpha value is -2.44. The smallest absolute Gasteiger partial charge is 0.339 e. The van der Waals surface area contributed by atoms with Crippen LogP contribution in [0, 0.1) is 6.92 Å². The van der Waals surface area contributed by atoms with Crippen molar-refractivity contribution in [1.82, 2.24) is 15.1 Å². The van der Waals surface area contributed by atoms with Crippen molar-refractivity contribution in [3.63, 3.8) is 0 Å². The van der Waals surface area contributed by atoms with E-state index in [0.717, 1.165) is 5.69 Å². The second-order valence-corrected chi connectivity index (χ2v) is 3.38. The molecule has 0 atom stereocenters. The Bertz CT molecular complexity index is 524. The van der Waals surface area contributed by atoms with Crippen LogP contribution in [-0.4, -0.2) is 26.2 Å². The highest BCUT2D eigenvalue weighted by molar-refractivity contribution is 5.93. The number of pyridine rings is 1. The number of nitrogens with one attached hydrogen (secondary N) is 1. The molecule has 7 heteroatoms. The van der Waals surface area contributed by atoms with Crippen LogP contribution in [0.5, 0.6) is 0 Å². The van der Waals surface area contributed by atoms with Gasteiger partial charge in [-0.05, 0) is 13.0 Å². The van der Waals surface area contributed by atoms with Crippen molar-refractivity contribution < 1.29 is 14.4 Å². The maximum Gasteiger partial charge on any atom is 0.339 e. The van der Waals surface area contributed by atoms with E-state index >= 15 is 0 Å². The van der Waals surface area contributed by atoms with Crippen LogP contribution >= 0.6 is 0 Å². The van der Waals surface area contributed by atoms with Crippen molar-refractivity contribution in [1.29, 1.82) is 0 Å². The lowest BCUT2D eigenvalue weighted by Crippen LogP contribution is -2.08. The van der Waals surface area contributed by atoms with Gasteiger partial charge >= 0.3 is 5.97 Å². The molecular formula is C10H10N4O3. The predicted molar refractivity (Wildman–Crippen MR) is 57.6 cm³/mol. The van der Waals surface area contributed by atoms with Gasteiger partial charge in [0.15, 0.2) is 5.82 Å². The van der Waals surface area contributed by atoms with E-state index in [-0.39, 0.29) is 5.56 Å². The standard InChI is InChI=1S/C10H10N4O3/c1-6-2-8(7(3-11-6)10(15)16)12-4-9-13-5-17-14-9/h2-3,5H,4H2,1H3,(H,11,12)(H,15,16). The highest BCUT2D eigenvalue weighted by Crippen LogP contribution is 2.16. The van der Waals surface area contributed by atoms with E-state index in [2.05, 4.69) is 25.0 Å². The fourth-order valence-electron chi connectivity index (χ4n) is 1.32. The van der Waals surface area contributed by atoms with Gasteiger partial charge in [0, 0.05) is 11.9 Å². The van der Waals surface area contributed by atoms with Crippen LogP contribution in [-0.2, 0) is 6.54 Å². The molecule has 0 saturated heterocycles. The lowest BCUT2D eigenvalue weighted by atomic mass is 10.2. The second kappa shape index (κ2) is 4.60. The van der Waals surface area contributed by atoms with Crippen molar-refractivity contribution >= 4 is 11.7 Å². The van der Waals surface area contributed by atoms with Crippen LogP contribution in [0.3, 0.4) is 0 Å². The topological polar surface area (TPSA) is 101 Å². The summed E-state index contributed by atoms with van der Waals surface area (Å²) in [5, 5.41) is 15.5. The van der Waals surface area contributed by atoms with Gasteiger partial charge in [0.1, 0.15) is 5.56 Å². The van der Waals surface area contributed by atoms with Gasteiger partial charge in [-0.1, -0.05) is 5.16 Å². The number of aryl methyl sites for hydroxylation is 1. The van der Waals surface area contributed by atoms with Crippen molar-refractivity contribution in [2.24, 2.45) is 0 Å². The number of anilines is 1. The van der Waals surface area contributed by atoms with Gasteiger partial charge in [-0.3, -0.25) is 4.98 Å². The summed E-state index contributed by atoms with van der Waals surface area (Å²) in [5.41, 5.74) is 1.32. The summed E-state index contributed by atoms with van der Waals surface area (Å²) in [5.74, 6) is -0.580. The summed E-state index contributed by atoms with van der Waals surface area (Å²) in [7, 11) is 0. The first-order chi connectivity index (χ1) is 8.16. The molecular weight excluding hydrogens is 224 g/mol. The number of aromatic carboxylic acids is 1.